The van der Waals surface area contributed by atoms with E-state index in [1.54, 1.807) is 24.3 Å². The monoisotopic (exact) mass is 316 g/mol. The Morgan fingerprint density at radius 1 is 1.41 bits per heavy atom. The van der Waals surface area contributed by atoms with Crippen LogP contribution in [0.2, 0.25) is 0 Å². The average Bonchev–Trinajstić information content (AvgIpc) is 3.15. The first-order chi connectivity index (χ1) is 10.6. The van der Waals surface area contributed by atoms with Gasteiger partial charge in [0.25, 0.3) is 0 Å². The molecule has 3 nitrogen and oxygen atoms in total. The van der Waals surface area contributed by atoms with Crippen LogP contribution in [0.3, 0.4) is 0 Å². The van der Waals surface area contributed by atoms with E-state index < -0.39 is 0 Å². The van der Waals surface area contributed by atoms with Gasteiger partial charge in [0.2, 0.25) is 5.91 Å². The second-order valence-electron chi connectivity index (χ2n) is 5.60. The van der Waals surface area contributed by atoms with Crippen LogP contribution >= 0.6 is 11.3 Å². The Kier molecular flexibility index (Phi) is 4.34. The number of thiazole rings is 1. The Bertz CT molecular complexity index is 693. The first-order valence-corrected chi connectivity index (χ1v) is 8.18. The number of benzene rings is 1. The van der Waals surface area contributed by atoms with Crippen LogP contribution in [-0.2, 0) is 4.79 Å². The molecule has 22 heavy (non-hydrogen) atoms. The van der Waals surface area contributed by atoms with E-state index in [-0.39, 0.29) is 11.7 Å². The van der Waals surface area contributed by atoms with Gasteiger partial charge in [-0.3, -0.25) is 4.79 Å². The zero-order valence-electron chi connectivity index (χ0n) is 12.3. The van der Waals surface area contributed by atoms with Crippen molar-refractivity contribution < 1.29 is 9.18 Å². The first kappa shape index (κ1) is 14.9. The fraction of sp³-hybridized carbons (Fsp3) is 0.294. The molecule has 0 saturated carbocycles. The molecule has 1 atom stereocenters. The minimum absolute atomic E-state index is 0.0423. The first-order valence-electron chi connectivity index (χ1n) is 7.30. The lowest BCUT2D eigenvalue weighted by molar-refractivity contribution is -0.125. The molecule has 1 aliphatic rings. The molecule has 2 heterocycles. The van der Waals surface area contributed by atoms with Crippen LogP contribution in [0.5, 0.6) is 0 Å². The fourth-order valence-electron chi connectivity index (χ4n) is 2.49. The molecule has 0 bridgehead atoms. The molecule has 1 aromatic carbocycles. The Morgan fingerprint density at radius 2 is 2.18 bits per heavy atom. The molecule has 0 unspecified atom stereocenters. The molecule has 0 spiro atoms. The molecule has 1 aliphatic heterocycles. The molecule has 0 aliphatic carbocycles. The highest BCUT2D eigenvalue weighted by Gasteiger charge is 2.21. The van der Waals surface area contributed by atoms with E-state index >= 15 is 0 Å². The van der Waals surface area contributed by atoms with Crippen LogP contribution in [0.15, 0.2) is 35.7 Å². The summed E-state index contributed by atoms with van der Waals surface area (Å²) < 4.78 is 12.9. The molecule has 114 valence electrons. The highest BCUT2D eigenvalue weighted by atomic mass is 32.1. The van der Waals surface area contributed by atoms with Gasteiger partial charge in [-0.2, -0.15) is 0 Å². The summed E-state index contributed by atoms with van der Waals surface area (Å²) in [5.74, 6) is 0.369. The van der Waals surface area contributed by atoms with E-state index in [0.29, 0.717) is 5.92 Å². The largest absolute Gasteiger partial charge is 0.339 e. The van der Waals surface area contributed by atoms with Crippen molar-refractivity contribution in [1.29, 1.82) is 0 Å². The highest BCUT2D eigenvalue weighted by Crippen LogP contribution is 2.24. The van der Waals surface area contributed by atoms with Crippen LogP contribution in [0.4, 0.5) is 4.39 Å². The van der Waals surface area contributed by atoms with Gasteiger partial charge in [-0.15, -0.1) is 11.3 Å². The minimum atomic E-state index is -0.258. The molecule has 1 saturated heterocycles. The second kappa shape index (κ2) is 6.40. The summed E-state index contributed by atoms with van der Waals surface area (Å²) in [6, 6.07) is 6.26. The maximum absolute atomic E-state index is 12.9. The van der Waals surface area contributed by atoms with Crippen molar-refractivity contribution in [2.45, 2.75) is 13.3 Å². The summed E-state index contributed by atoms with van der Waals surface area (Å²) in [5.41, 5.74) is 1.63. The predicted molar refractivity (Wildman–Crippen MR) is 86.9 cm³/mol. The van der Waals surface area contributed by atoms with E-state index in [1.165, 1.54) is 23.5 Å². The Hall–Kier alpha value is -2.01. The number of hydrogen-bond acceptors (Lipinski definition) is 3. The smallest absolute Gasteiger partial charge is 0.246 e. The number of likely N-dealkylation sites (tertiary alicyclic amines) is 1. The third-order valence-electron chi connectivity index (χ3n) is 3.75. The Labute approximate surface area is 133 Å². The van der Waals surface area contributed by atoms with Gasteiger partial charge in [-0.1, -0.05) is 6.92 Å². The maximum atomic E-state index is 12.9. The lowest BCUT2D eigenvalue weighted by atomic mass is 10.2. The normalized spacial score (nSPS) is 18.3. The fourth-order valence-corrected chi connectivity index (χ4v) is 3.28. The van der Waals surface area contributed by atoms with E-state index in [9.17, 15) is 9.18 Å². The summed E-state index contributed by atoms with van der Waals surface area (Å²) in [5, 5.41) is 2.72. The number of amides is 1. The van der Waals surface area contributed by atoms with Crippen molar-refractivity contribution in [1.82, 2.24) is 9.88 Å². The van der Waals surface area contributed by atoms with Crippen LogP contribution in [0, 0.1) is 11.7 Å². The number of halogens is 1. The van der Waals surface area contributed by atoms with Gasteiger partial charge < -0.3 is 4.90 Å². The second-order valence-corrected chi connectivity index (χ2v) is 6.45. The van der Waals surface area contributed by atoms with Crippen molar-refractivity contribution in [3.63, 3.8) is 0 Å². The van der Waals surface area contributed by atoms with Crippen molar-refractivity contribution in [3.8, 4) is 10.6 Å². The quantitative estimate of drug-likeness (QED) is 0.806. The zero-order valence-corrected chi connectivity index (χ0v) is 13.1. The summed E-state index contributed by atoms with van der Waals surface area (Å²) in [6.07, 6.45) is 4.40. The molecule has 2 aromatic rings. The third-order valence-corrected chi connectivity index (χ3v) is 4.65. The van der Waals surface area contributed by atoms with E-state index in [0.717, 1.165) is 35.8 Å². The molecule has 0 N–H and O–H groups in total. The summed E-state index contributed by atoms with van der Waals surface area (Å²) in [4.78, 5) is 18.4. The number of carbonyl (C=O) groups excluding carboxylic acids is 1. The van der Waals surface area contributed by atoms with Crippen molar-refractivity contribution in [2.75, 3.05) is 13.1 Å². The minimum Gasteiger partial charge on any atom is -0.339 e. The van der Waals surface area contributed by atoms with E-state index in [4.69, 9.17) is 0 Å². The molecule has 5 heteroatoms. The van der Waals surface area contributed by atoms with Gasteiger partial charge in [0.15, 0.2) is 0 Å². The Morgan fingerprint density at radius 3 is 2.86 bits per heavy atom. The molecular weight excluding hydrogens is 299 g/mol. The highest BCUT2D eigenvalue weighted by molar-refractivity contribution is 7.13. The number of nitrogens with zero attached hydrogens (tertiary/aromatic N) is 2. The molecule has 1 aromatic heterocycles. The van der Waals surface area contributed by atoms with Crippen molar-refractivity contribution in [3.05, 3.63) is 47.2 Å². The standard InChI is InChI=1S/C17H17FN2OS/c1-12-8-9-20(10-12)16(21)7-6-15-11-22-17(19-15)13-2-4-14(18)5-3-13/h2-7,11-12H,8-10H2,1H3/b7-6+/t12-/m0/s1. The molecule has 1 fully saturated rings. The number of aromatic nitrogens is 1. The lowest BCUT2D eigenvalue weighted by Crippen LogP contribution is -2.26. The topological polar surface area (TPSA) is 33.2 Å². The van der Waals surface area contributed by atoms with Gasteiger partial charge >= 0.3 is 0 Å². The van der Waals surface area contributed by atoms with Crippen LogP contribution in [-0.4, -0.2) is 28.9 Å². The average molecular weight is 316 g/mol. The van der Waals surface area contributed by atoms with E-state index in [2.05, 4.69) is 11.9 Å². The Balaban J connectivity index is 1.67. The van der Waals surface area contributed by atoms with Crippen LogP contribution in [0.25, 0.3) is 16.6 Å². The van der Waals surface area contributed by atoms with Crippen molar-refractivity contribution in [2.24, 2.45) is 5.92 Å². The number of carbonyl (C=O) groups is 1. The van der Waals surface area contributed by atoms with Gasteiger partial charge in [-0.25, -0.2) is 9.37 Å². The molecule has 0 radical (unpaired) electrons. The molecular formula is C17H17FN2OS. The zero-order chi connectivity index (χ0) is 15.5. The third kappa shape index (κ3) is 3.42. The lowest BCUT2D eigenvalue weighted by Gasteiger charge is -2.12. The number of rotatable bonds is 3. The molecule has 1 amide bonds. The number of hydrogen-bond donors (Lipinski definition) is 0. The van der Waals surface area contributed by atoms with Gasteiger partial charge in [0.1, 0.15) is 10.8 Å². The van der Waals surface area contributed by atoms with Crippen LogP contribution < -0.4 is 0 Å². The summed E-state index contributed by atoms with van der Waals surface area (Å²) in [7, 11) is 0. The van der Waals surface area contributed by atoms with E-state index in [1.807, 2.05) is 10.3 Å². The predicted octanol–water partition coefficient (Wildman–Crippen LogP) is 3.83. The van der Waals surface area contributed by atoms with Gasteiger partial charge in [-0.05, 0) is 42.7 Å². The van der Waals surface area contributed by atoms with Crippen molar-refractivity contribution >= 4 is 23.3 Å². The maximum Gasteiger partial charge on any atom is 0.246 e. The van der Waals surface area contributed by atoms with Gasteiger partial charge in [0.05, 0.1) is 5.69 Å². The molecule has 3 rings (SSSR count). The van der Waals surface area contributed by atoms with Crippen LogP contribution in [0.1, 0.15) is 19.0 Å². The summed E-state index contributed by atoms with van der Waals surface area (Å²) in [6.45, 7) is 3.83. The summed E-state index contributed by atoms with van der Waals surface area (Å²) >= 11 is 1.48. The SMILES string of the molecule is C[C@H]1CCN(C(=O)/C=C/c2csc(-c3ccc(F)cc3)n2)C1. The van der Waals surface area contributed by atoms with Gasteiger partial charge in [0, 0.05) is 30.1 Å².